The van der Waals surface area contributed by atoms with Crippen LogP contribution in [-0.4, -0.2) is 40.0 Å². The van der Waals surface area contributed by atoms with Crippen molar-refractivity contribution in [1.82, 2.24) is 9.62 Å². The number of aryl methyl sites for hydroxylation is 1. The lowest BCUT2D eigenvalue weighted by Crippen LogP contribution is -2.39. The molecule has 0 aliphatic carbocycles. The molecule has 0 aromatic heterocycles. The summed E-state index contributed by atoms with van der Waals surface area (Å²) in [5.74, 6) is 0.368. The van der Waals surface area contributed by atoms with Crippen molar-refractivity contribution >= 4 is 21.6 Å². The second kappa shape index (κ2) is 6.43. The normalized spacial score (nSPS) is 21.1. The third-order valence-electron chi connectivity index (χ3n) is 3.73. The third-order valence-corrected chi connectivity index (χ3v) is 5.81. The monoisotopic (exact) mass is 316 g/mol. The number of sulfonamides is 1. The molecule has 4 nitrogen and oxygen atoms in total. The van der Waals surface area contributed by atoms with Gasteiger partial charge in [0.15, 0.2) is 0 Å². The maximum Gasteiger partial charge on any atom is 0.242 e. The molecule has 1 aliphatic heterocycles. The van der Waals surface area contributed by atoms with E-state index < -0.39 is 10.0 Å². The zero-order chi connectivity index (χ0) is 14.8. The third kappa shape index (κ3) is 3.73. The predicted octanol–water partition coefficient (Wildman–Crippen LogP) is 2.27. The molecule has 20 heavy (non-hydrogen) atoms. The molecule has 0 amide bonds. The Morgan fingerprint density at radius 3 is 2.90 bits per heavy atom. The van der Waals surface area contributed by atoms with Crippen LogP contribution in [0.25, 0.3) is 0 Å². The van der Waals surface area contributed by atoms with Gasteiger partial charge in [0.2, 0.25) is 10.0 Å². The van der Waals surface area contributed by atoms with Gasteiger partial charge in [-0.05, 0) is 50.9 Å². The fraction of sp³-hybridized carbons (Fsp3) is 0.571. The highest BCUT2D eigenvalue weighted by atomic mass is 35.5. The molecule has 6 heteroatoms. The Hall–Kier alpha value is -0.620. The van der Waals surface area contributed by atoms with Crippen molar-refractivity contribution in [3.63, 3.8) is 0 Å². The Morgan fingerprint density at radius 2 is 2.20 bits per heavy atom. The zero-order valence-electron chi connectivity index (χ0n) is 11.9. The predicted molar refractivity (Wildman–Crippen MR) is 81.6 cm³/mol. The lowest BCUT2D eigenvalue weighted by molar-refractivity contribution is 0.211. The van der Waals surface area contributed by atoms with Crippen molar-refractivity contribution in [2.24, 2.45) is 5.92 Å². The SMILES string of the molecule is Cc1cccc(S(=O)(=O)NC[C@H]2CCCN(C)C2)c1Cl. The van der Waals surface area contributed by atoms with Crippen molar-refractivity contribution in [1.29, 1.82) is 0 Å². The van der Waals surface area contributed by atoms with Gasteiger partial charge in [-0.1, -0.05) is 23.7 Å². The van der Waals surface area contributed by atoms with E-state index in [2.05, 4.69) is 16.7 Å². The first kappa shape index (κ1) is 15.8. The summed E-state index contributed by atoms with van der Waals surface area (Å²) in [5.41, 5.74) is 0.770. The molecule has 1 atom stereocenters. The van der Waals surface area contributed by atoms with Crippen LogP contribution in [0.1, 0.15) is 18.4 Å². The number of likely N-dealkylation sites (tertiary alicyclic amines) is 1. The number of hydrogen-bond donors (Lipinski definition) is 1. The van der Waals surface area contributed by atoms with Crippen LogP contribution < -0.4 is 4.72 Å². The molecule has 0 saturated carbocycles. The van der Waals surface area contributed by atoms with Gasteiger partial charge in [-0.15, -0.1) is 0 Å². The van der Waals surface area contributed by atoms with Gasteiger partial charge in [-0.2, -0.15) is 0 Å². The van der Waals surface area contributed by atoms with E-state index in [-0.39, 0.29) is 4.90 Å². The molecular formula is C14H21ClN2O2S. The number of nitrogens with one attached hydrogen (secondary N) is 1. The van der Waals surface area contributed by atoms with E-state index in [1.54, 1.807) is 25.1 Å². The van der Waals surface area contributed by atoms with E-state index in [1.807, 2.05) is 0 Å². The second-order valence-electron chi connectivity index (χ2n) is 5.51. The van der Waals surface area contributed by atoms with Crippen molar-refractivity contribution in [2.45, 2.75) is 24.7 Å². The smallest absolute Gasteiger partial charge is 0.242 e. The summed E-state index contributed by atoms with van der Waals surface area (Å²) in [5, 5.41) is 0.306. The van der Waals surface area contributed by atoms with Crippen LogP contribution in [0.15, 0.2) is 23.1 Å². The number of piperidine rings is 1. The lowest BCUT2D eigenvalue weighted by Gasteiger charge is -2.29. The van der Waals surface area contributed by atoms with Crippen molar-refractivity contribution < 1.29 is 8.42 Å². The minimum Gasteiger partial charge on any atom is -0.306 e. The topological polar surface area (TPSA) is 49.4 Å². The van der Waals surface area contributed by atoms with Gasteiger partial charge in [0.05, 0.1) is 5.02 Å². The zero-order valence-corrected chi connectivity index (χ0v) is 13.5. The summed E-state index contributed by atoms with van der Waals surface area (Å²) in [6, 6.07) is 5.06. The number of rotatable bonds is 4. The standard InChI is InChI=1S/C14H21ClN2O2S/c1-11-5-3-7-13(14(11)15)20(18,19)16-9-12-6-4-8-17(2)10-12/h3,5,7,12,16H,4,6,8-10H2,1-2H3/t12-/m1/s1. The van der Waals surface area contributed by atoms with Gasteiger partial charge < -0.3 is 4.90 Å². The molecule has 112 valence electrons. The number of halogens is 1. The Labute approximate surface area is 126 Å². The summed E-state index contributed by atoms with van der Waals surface area (Å²) in [7, 11) is -1.46. The quantitative estimate of drug-likeness (QED) is 0.927. The van der Waals surface area contributed by atoms with Gasteiger partial charge in [0, 0.05) is 13.1 Å². The van der Waals surface area contributed by atoms with Crippen molar-refractivity contribution in [3.05, 3.63) is 28.8 Å². The first-order valence-corrected chi connectivity index (χ1v) is 8.69. The van der Waals surface area contributed by atoms with Gasteiger partial charge >= 0.3 is 0 Å². The van der Waals surface area contributed by atoms with Crippen molar-refractivity contribution in [2.75, 3.05) is 26.7 Å². The molecule has 1 N–H and O–H groups in total. The van der Waals surface area contributed by atoms with Gasteiger partial charge in [-0.3, -0.25) is 0 Å². The second-order valence-corrected chi connectivity index (χ2v) is 7.62. The van der Waals surface area contributed by atoms with Crippen LogP contribution >= 0.6 is 11.6 Å². The summed E-state index contributed by atoms with van der Waals surface area (Å²) in [4.78, 5) is 2.41. The lowest BCUT2D eigenvalue weighted by atomic mass is 9.99. The fourth-order valence-corrected chi connectivity index (χ4v) is 4.27. The summed E-state index contributed by atoms with van der Waals surface area (Å²) in [6.07, 6.45) is 2.18. The molecular weight excluding hydrogens is 296 g/mol. The molecule has 1 saturated heterocycles. The Kier molecular flexibility index (Phi) is 5.07. The molecule has 1 aliphatic rings. The minimum absolute atomic E-state index is 0.170. The average molecular weight is 317 g/mol. The molecule has 0 bridgehead atoms. The number of benzene rings is 1. The number of hydrogen-bond acceptors (Lipinski definition) is 3. The van der Waals surface area contributed by atoms with E-state index in [0.717, 1.165) is 31.5 Å². The fourth-order valence-electron chi connectivity index (χ4n) is 2.57. The van der Waals surface area contributed by atoms with Crippen LogP contribution in [0, 0.1) is 12.8 Å². The van der Waals surface area contributed by atoms with Crippen LogP contribution in [0.2, 0.25) is 5.02 Å². The summed E-state index contributed by atoms with van der Waals surface area (Å²) >= 11 is 6.10. The Morgan fingerprint density at radius 1 is 1.45 bits per heavy atom. The van der Waals surface area contributed by atoms with Crippen LogP contribution in [0.3, 0.4) is 0 Å². The van der Waals surface area contributed by atoms with E-state index in [1.165, 1.54) is 0 Å². The number of nitrogens with zero attached hydrogens (tertiary/aromatic N) is 1. The first-order chi connectivity index (χ1) is 9.40. The van der Waals surface area contributed by atoms with E-state index in [0.29, 0.717) is 17.5 Å². The largest absolute Gasteiger partial charge is 0.306 e. The highest BCUT2D eigenvalue weighted by Gasteiger charge is 2.22. The average Bonchev–Trinajstić information content (AvgIpc) is 2.40. The highest BCUT2D eigenvalue weighted by Crippen LogP contribution is 2.24. The van der Waals surface area contributed by atoms with Gasteiger partial charge in [0.1, 0.15) is 4.90 Å². The maximum absolute atomic E-state index is 12.3. The molecule has 0 unspecified atom stereocenters. The first-order valence-electron chi connectivity index (χ1n) is 6.83. The maximum atomic E-state index is 12.3. The molecule has 0 spiro atoms. The molecule has 2 rings (SSSR count). The van der Waals surface area contributed by atoms with Gasteiger partial charge in [0.25, 0.3) is 0 Å². The highest BCUT2D eigenvalue weighted by molar-refractivity contribution is 7.89. The summed E-state index contributed by atoms with van der Waals surface area (Å²) < 4.78 is 27.3. The molecule has 1 heterocycles. The van der Waals surface area contributed by atoms with Crippen LogP contribution in [-0.2, 0) is 10.0 Å². The van der Waals surface area contributed by atoms with E-state index in [9.17, 15) is 8.42 Å². The van der Waals surface area contributed by atoms with Crippen LogP contribution in [0.5, 0.6) is 0 Å². The molecule has 1 fully saturated rings. The van der Waals surface area contributed by atoms with E-state index >= 15 is 0 Å². The van der Waals surface area contributed by atoms with Crippen molar-refractivity contribution in [3.8, 4) is 0 Å². The van der Waals surface area contributed by atoms with E-state index in [4.69, 9.17) is 11.6 Å². The van der Waals surface area contributed by atoms with Crippen LogP contribution in [0.4, 0.5) is 0 Å². The Balaban J connectivity index is 2.06. The molecule has 1 aromatic rings. The minimum atomic E-state index is -3.53. The summed E-state index contributed by atoms with van der Waals surface area (Å²) in [6.45, 7) is 4.30. The molecule has 1 aromatic carbocycles. The van der Waals surface area contributed by atoms with Gasteiger partial charge in [-0.25, -0.2) is 13.1 Å². The molecule has 0 radical (unpaired) electrons. The Bertz CT molecular complexity index is 575.